The Hall–Kier alpha value is -4.44. The van der Waals surface area contributed by atoms with E-state index in [0.717, 1.165) is 27.8 Å². The predicted molar refractivity (Wildman–Crippen MR) is 153 cm³/mol. The number of aromatic amines is 1. The van der Waals surface area contributed by atoms with Gasteiger partial charge in [0.25, 0.3) is 11.8 Å². The Kier molecular flexibility index (Phi) is 7.68. The highest BCUT2D eigenvalue weighted by Gasteiger charge is 2.46. The molecule has 3 N–H and O–H groups in total. The third-order valence-electron chi connectivity index (χ3n) is 7.81. The van der Waals surface area contributed by atoms with Crippen LogP contribution in [-0.4, -0.2) is 76.5 Å². The van der Waals surface area contributed by atoms with Crippen molar-refractivity contribution >= 4 is 11.8 Å². The number of nitrogens with two attached hydrogens (primary N) is 1. The normalized spacial score (nSPS) is 14.4. The quantitative estimate of drug-likeness (QED) is 0.362. The molecule has 10 heteroatoms. The smallest absolute Gasteiger partial charge is 0.253 e. The highest BCUT2D eigenvalue weighted by atomic mass is 19.1. The molecule has 1 heterocycles. The van der Waals surface area contributed by atoms with Crippen molar-refractivity contribution < 1.29 is 14.0 Å². The first-order valence-electron chi connectivity index (χ1n) is 13.5. The SMILES string of the molecule is CN(C)C(=O)c1ccc2c(c1)CCc1cc(C(=O)N(C)C)ccc1C2(C[C@H](N)Cc1ccc(F)cc1)c1nn[nH]n1. The number of amides is 2. The molecule has 0 unspecified atom stereocenters. The molecule has 41 heavy (non-hydrogen) atoms. The lowest BCUT2D eigenvalue weighted by Crippen LogP contribution is -2.40. The van der Waals surface area contributed by atoms with Crippen LogP contribution in [0.25, 0.3) is 0 Å². The number of fused-ring (bicyclic) bond motifs is 2. The molecule has 0 saturated heterocycles. The van der Waals surface area contributed by atoms with Crippen LogP contribution >= 0.6 is 0 Å². The number of hydrogen-bond donors (Lipinski definition) is 2. The summed E-state index contributed by atoms with van der Waals surface area (Å²) in [5.74, 6) is -0.0311. The van der Waals surface area contributed by atoms with Crippen LogP contribution in [0.15, 0.2) is 60.7 Å². The van der Waals surface area contributed by atoms with Crippen LogP contribution in [0.2, 0.25) is 0 Å². The zero-order valence-corrected chi connectivity index (χ0v) is 23.7. The molecular formula is C31H34FN7O2. The van der Waals surface area contributed by atoms with E-state index in [9.17, 15) is 14.0 Å². The van der Waals surface area contributed by atoms with Crippen LogP contribution in [0.5, 0.6) is 0 Å². The Balaban J connectivity index is 1.71. The molecule has 4 aromatic rings. The average molecular weight is 556 g/mol. The maximum Gasteiger partial charge on any atom is 0.253 e. The Morgan fingerprint density at radius 2 is 1.44 bits per heavy atom. The molecule has 1 aliphatic carbocycles. The van der Waals surface area contributed by atoms with E-state index in [-0.39, 0.29) is 23.7 Å². The van der Waals surface area contributed by atoms with Gasteiger partial charge in [0.05, 0.1) is 5.41 Å². The lowest BCUT2D eigenvalue weighted by molar-refractivity contribution is 0.0820. The van der Waals surface area contributed by atoms with Gasteiger partial charge < -0.3 is 15.5 Å². The number of hydrogen-bond acceptors (Lipinski definition) is 6. The zero-order valence-electron chi connectivity index (χ0n) is 23.7. The standard InChI is InChI=1S/C31H34FN7O2/c1-38(2)28(40)22-9-13-26-20(16-22)7-8-21-17-23(29(41)39(3)4)10-14-27(21)31(26,30-34-36-37-35-30)18-25(33)15-19-5-11-24(32)12-6-19/h5-6,9-14,16-17,25H,7-8,15,18,33H2,1-4H3,(H,34,35,36,37)/t25-/m1/s1. The number of carbonyl (C=O) groups excluding carboxylic acids is 2. The van der Waals surface area contributed by atoms with Crippen LogP contribution in [0, 0.1) is 5.82 Å². The summed E-state index contributed by atoms with van der Waals surface area (Å²) >= 11 is 0. The van der Waals surface area contributed by atoms with Gasteiger partial charge in [-0.25, -0.2) is 4.39 Å². The molecule has 0 spiro atoms. The Morgan fingerprint density at radius 1 is 0.902 bits per heavy atom. The molecule has 2 amide bonds. The molecule has 0 saturated carbocycles. The van der Waals surface area contributed by atoms with E-state index < -0.39 is 5.41 Å². The van der Waals surface area contributed by atoms with Crippen molar-refractivity contribution in [1.82, 2.24) is 30.4 Å². The van der Waals surface area contributed by atoms with Gasteiger partial charge in [-0.1, -0.05) is 29.5 Å². The summed E-state index contributed by atoms with van der Waals surface area (Å²) in [7, 11) is 6.91. The maximum atomic E-state index is 13.6. The first-order chi connectivity index (χ1) is 19.6. The van der Waals surface area contributed by atoms with E-state index in [0.29, 0.717) is 42.6 Å². The van der Waals surface area contributed by atoms with Crippen molar-refractivity contribution in [2.24, 2.45) is 5.73 Å². The summed E-state index contributed by atoms with van der Waals surface area (Å²) in [5, 5.41) is 15.5. The minimum absolute atomic E-state index is 0.0911. The second kappa shape index (κ2) is 11.2. The molecular weight excluding hydrogens is 521 g/mol. The van der Waals surface area contributed by atoms with E-state index >= 15 is 0 Å². The molecule has 0 radical (unpaired) electrons. The Morgan fingerprint density at radius 3 is 1.90 bits per heavy atom. The number of aromatic nitrogens is 4. The summed E-state index contributed by atoms with van der Waals surface area (Å²) in [6.07, 6.45) is 2.19. The maximum absolute atomic E-state index is 13.6. The number of aryl methyl sites for hydroxylation is 2. The van der Waals surface area contributed by atoms with Crippen LogP contribution < -0.4 is 5.73 Å². The fraction of sp³-hybridized carbons (Fsp3) is 0.323. The molecule has 0 aliphatic heterocycles. The number of tetrazole rings is 1. The van der Waals surface area contributed by atoms with Gasteiger partial charge in [0.1, 0.15) is 5.82 Å². The van der Waals surface area contributed by atoms with Crippen molar-refractivity contribution in [2.45, 2.75) is 37.1 Å². The van der Waals surface area contributed by atoms with Crippen LogP contribution in [0.3, 0.4) is 0 Å². The van der Waals surface area contributed by atoms with E-state index in [2.05, 4.69) is 20.6 Å². The molecule has 1 aromatic heterocycles. The number of H-pyrrole nitrogens is 1. The first-order valence-corrected chi connectivity index (χ1v) is 13.5. The summed E-state index contributed by atoms with van der Waals surface area (Å²) in [6.45, 7) is 0. The third kappa shape index (κ3) is 5.35. The zero-order chi connectivity index (χ0) is 29.3. The minimum atomic E-state index is -0.924. The van der Waals surface area contributed by atoms with Crippen molar-refractivity contribution in [3.63, 3.8) is 0 Å². The third-order valence-corrected chi connectivity index (χ3v) is 7.81. The van der Waals surface area contributed by atoms with Gasteiger partial charge in [-0.3, -0.25) is 9.59 Å². The van der Waals surface area contributed by atoms with Crippen LogP contribution in [-0.2, 0) is 24.7 Å². The molecule has 0 bridgehead atoms. The number of nitrogens with zero attached hydrogens (tertiary/aromatic N) is 5. The van der Waals surface area contributed by atoms with Gasteiger partial charge in [-0.15, -0.1) is 10.2 Å². The van der Waals surface area contributed by atoms with Gasteiger partial charge >= 0.3 is 0 Å². The van der Waals surface area contributed by atoms with Crippen molar-refractivity contribution in [2.75, 3.05) is 28.2 Å². The largest absolute Gasteiger partial charge is 0.345 e. The second-order valence-electron chi connectivity index (χ2n) is 11.1. The van der Waals surface area contributed by atoms with Gasteiger partial charge in [-0.2, -0.15) is 5.21 Å². The predicted octanol–water partition coefficient (Wildman–Crippen LogP) is 3.14. The van der Waals surface area contributed by atoms with Gasteiger partial charge in [0.2, 0.25) is 0 Å². The van der Waals surface area contributed by atoms with Crippen LogP contribution in [0.1, 0.15) is 60.8 Å². The molecule has 1 atom stereocenters. The summed E-state index contributed by atoms with van der Waals surface area (Å²) in [6, 6.07) is 17.5. The van der Waals surface area contributed by atoms with Gasteiger partial charge in [0, 0.05) is 45.4 Å². The molecule has 9 nitrogen and oxygen atoms in total. The summed E-state index contributed by atoms with van der Waals surface area (Å²) < 4.78 is 13.6. The summed E-state index contributed by atoms with van der Waals surface area (Å²) in [5.41, 5.74) is 11.9. The number of nitrogens with one attached hydrogen (secondary N) is 1. The fourth-order valence-corrected chi connectivity index (χ4v) is 5.91. The molecule has 5 rings (SSSR count). The van der Waals surface area contributed by atoms with E-state index in [1.165, 1.54) is 12.1 Å². The Labute approximate surface area is 238 Å². The number of halogens is 1. The number of benzene rings is 3. The highest BCUT2D eigenvalue weighted by Crippen LogP contribution is 2.47. The fourth-order valence-electron chi connectivity index (χ4n) is 5.91. The monoisotopic (exact) mass is 555 g/mol. The average Bonchev–Trinajstić information content (AvgIpc) is 3.46. The van der Waals surface area contributed by atoms with E-state index in [4.69, 9.17) is 5.73 Å². The van der Waals surface area contributed by atoms with E-state index in [1.807, 2.05) is 36.4 Å². The van der Waals surface area contributed by atoms with Crippen molar-refractivity contribution in [3.8, 4) is 0 Å². The van der Waals surface area contributed by atoms with Crippen LogP contribution in [0.4, 0.5) is 4.39 Å². The topological polar surface area (TPSA) is 121 Å². The van der Waals surface area contributed by atoms with Crippen molar-refractivity contribution in [1.29, 1.82) is 0 Å². The second-order valence-corrected chi connectivity index (χ2v) is 11.1. The molecule has 1 aliphatic rings. The highest BCUT2D eigenvalue weighted by molar-refractivity contribution is 5.95. The summed E-state index contributed by atoms with van der Waals surface area (Å²) in [4.78, 5) is 28.9. The minimum Gasteiger partial charge on any atom is -0.345 e. The van der Waals surface area contributed by atoms with E-state index in [1.54, 1.807) is 50.1 Å². The lowest BCUT2D eigenvalue weighted by Gasteiger charge is -2.36. The Bertz CT molecular complexity index is 1490. The number of rotatable bonds is 7. The van der Waals surface area contributed by atoms with Gasteiger partial charge in [-0.05, 0) is 89.9 Å². The number of carbonyl (C=O) groups is 2. The van der Waals surface area contributed by atoms with Gasteiger partial charge in [0.15, 0.2) is 5.82 Å². The molecule has 3 aromatic carbocycles. The molecule has 0 fully saturated rings. The lowest BCUT2D eigenvalue weighted by atomic mass is 9.67. The molecule has 212 valence electrons. The van der Waals surface area contributed by atoms with Crippen molar-refractivity contribution in [3.05, 3.63) is 111 Å². The first kappa shape index (κ1) is 28.1.